The molecule has 0 bridgehead atoms. The molecule has 0 spiro atoms. The number of nitrogens with two attached hydrogens (primary N) is 1. The Kier molecular flexibility index (Phi) is 4.71. The first-order chi connectivity index (χ1) is 7.61. The first-order valence-electron chi connectivity index (χ1n) is 5.21. The Morgan fingerprint density at radius 1 is 1.75 bits per heavy atom. The van der Waals surface area contributed by atoms with Gasteiger partial charge in [0.25, 0.3) is 0 Å². The Bertz CT molecular complexity index is 338. The summed E-state index contributed by atoms with van der Waals surface area (Å²) in [6, 6.07) is 0. The summed E-state index contributed by atoms with van der Waals surface area (Å²) in [6.45, 7) is 2.29. The van der Waals surface area contributed by atoms with Gasteiger partial charge >= 0.3 is 0 Å². The molecule has 1 unspecified atom stereocenters. The largest absolute Gasteiger partial charge is 0.391 e. The number of nitrogens with one attached hydrogen (secondary N) is 1. The molecular formula is C9H17N5O2. The summed E-state index contributed by atoms with van der Waals surface area (Å²) in [5.74, 6) is -0.0844. The third-order valence-electron chi connectivity index (χ3n) is 2.02. The molecule has 0 saturated heterocycles. The Labute approximate surface area is 93.7 Å². The molecule has 1 aromatic heterocycles. The van der Waals surface area contributed by atoms with Gasteiger partial charge in [0, 0.05) is 6.54 Å². The van der Waals surface area contributed by atoms with Crippen LogP contribution in [0.1, 0.15) is 19.8 Å². The van der Waals surface area contributed by atoms with Crippen molar-refractivity contribution in [2.24, 2.45) is 0 Å². The minimum Gasteiger partial charge on any atom is -0.391 e. The van der Waals surface area contributed by atoms with Crippen LogP contribution in [0.15, 0.2) is 6.33 Å². The molecule has 0 saturated carbocycles. The molecule has 0 aliphatic rings. The Balaban J connectivity index is 2.26. The predicted molar refractivity (Wildman–Crippen MR) is 58.4 cm³/mol. The zero-order valence-corrected chi connectivity index (χ0v) is 9.26. The second-order valence-electron chi connectivity index (χ2n) is 3.55. The van der Waals surface area contributed by atoms with Gasteiger partial charge in [-0.3, -0.25) is 4.79 Å². The van der Waals surface area contributed by atoms with Crippen LogP contribution in [0.3, 0.4) is 0 Å². The van der Waals surface area contributed by atoms with Crippen LogP contribution >= 0.6 is 0 Å². The number of nitrogen functional groups attached to an aromatic ring is 1. The van der Waals surface area contributed by atoms with E-state index in [1.165, 1.54) is 11.0 Å². The lowest BCUT2D eigenvalue weighted by molar-refractivity contribution is -0.122. The van der Waals surface area contributed by atoms with E-state index in [9.17, 15) is 9.90 Å². The summed E-state index contributed by atoms with van der Waals surface area (Å²) in [4.78, 5) is 15.1. The smallest absolute Gasteiger partial charge is 0.241 e. The molecule has 90 valence electrons. The van der Waals surface area contributed by atoms with E-state index in [1.807, 2.05) is 6.92 Å². The molecule has 0 aliphatic carbocycles. The molecule has 0 radical (unpaired) electrons. The number of aliphatic hydroxyl groups is 1. The van der Waals surface area contributed by atoms with Crippen molar-refractivity contribution in [3.63, 3.8) is 0 Å². The number of amides is 1. The summed E-state index contributed by atoms with van der Waals surface area (Å²) in [5.41, 5.74) is 5.30. The molecule has 0 aromatic carbocycles. The molecule has 1 heterocycles. The van der Waals surface area contributed by atoms with Crippen molar-refractivity contribution in [2.45, 2.75) is 32.4 Å². The van der Waals surface area contributed by atoms with Crippen molar-refractivity contribution in [1.29, 1.82) is 0 Å². The molecule has 1 atom stereocenters. The van der Waals surface area contributed by atoms with Crippen molar-refractivity contribution in [3.8, 4) is 0 Å². The minimum atomic E-state index is -0.491. The standard InChI is InChI=1S/C9H17N5O2/c1-2-3-7(15)4-11-8(16)5-14-6-12-9(10)13-14/h6-7,15H,2-5H2,1H3,(H2,10,13)(H,11,16). The minimum absolute atomic E-state index is 0.0586. The zero-order chi connectivity index (χ0) is 12.0. The number of hydrogen-bond donors (Lipinski definition) is 3. The van der Waals surface area contributed by atoms with Gasteiger partial charge < -0.3 is 16.2 Å². The number of nitrogens with zero attached hydrogens (tertiary/aromatic N) is 3. The van der Waals surface area contributed by atoms with Crippen molar-refractivity contribution in [3.05, 3.63) is 6.33 Å². The fourth-order valence-corrected chi connectivity index (χ4v) is 1.26. The predicted octanol–water partition coefficient (Wildman–Crippen LogP) is -0.862. The van der Waals surface area contributed by atoms with Crippen LogP contribution in [0.4, 0.5) is 5.95 Å². The molecular weight excluding hydrogens is 210 g/mol. The van der Waals surface area contributed by atoms with Gasteiger partial charge in [0.15, 0.2) is 0 Å². The summed E-state index contributed by atoms with van der Waals surface area (Å²) in [5, 5.41) is 15.8. The quantitative estimate of drug-likeness (QED) is 0.586. The van der Waals surface area contributed by atoms with Crippen molar-refractivity contribution in [1.82, 2.24) is 20.1 Å². The maximum Gasteiger partial charge on any atom is 0.241 e. The number of aliphatic hydroxyl groups excluding tert-OH is 1. The number of aromatic nitrogens is 3. The van der Waals surface area contributed by atoms with Gasteiger partial charge in [0.2, 0.25) is 11.9 Å². The lowest BCUT2D eigenvalue weighted by atomic mass is 10.2. The second kappa shape index (κ2) is 6.06. The van der Waals surface area contributed by atoms with Crippen LogP contribution in [-0.4, -0.2) is 38.4 Å². The highest BCUT2D eigenvalue weighted by molar-refractivity contribution is 5.75. The number of carbonyl (C=O) groups excluding carboxylic acids is 1. The van der Waals surface area contributed by atoms with Gasteiger partial charge in [0.05, 0.1) is 6.10 Å². The molecule has 16 heavy (non-hydrogen) atoms. The van der Waals surface area contributed by atoms with Crippen LogP contribution < -0.4 is 11.1 Å². The lowest BCUT2D eigenvalue weighted by Gasteiger charge is -2.10. The SMILES string of the molecule is CCCC(O)CNC(=O)Cn1cnc(N)n1. The summed E-state index contributed by atoms with van der Waals surface area (Å²) >= 11 is 0. The third kappa shape index (κ3) is 4.26. The molecule has 1 rings (SSSR count). The number of hydrogen-bond acceptors (Lipinski definition) is 5. The van der Waals surface area contributed by atoms with Crippen LogP contribution in [-0.2, 0) is 11.3 Å². The Morgan fingerprint density at radius 2 is 2.50 bits per heavy atom. The maximum atomic E-state index is 11.4. The Hall–Kier alpha value is -1.63. The Morgan fingerprint density at radius 3 is 3.06 bits per heavy atom. The highest BCUT2D eigenvalue weighted by Gasteiger charge is 2.07. The van der Waals surface area contributed by atoms with Gasteiger partial charge in [-0.1, -0.05) is 13.3 Å². The monoisotopic (exact) mass is 227 g/mol. The van der Waals surface area contributed by atoms with Crippen LogP contribution in [0.2, 0.25) is 0 Å². The molecule has 4 N–H and O–H groups in total. The van der Waals surface area contributed by atoms with E-state index in [-0.39, 0.29) is 24.9 Å². The molecule has 0 aliphatic heterocycles. The average molecular weight is 227 g/mol. The highest BCUT2D eigenvalue weighted by Crippen LogP contribution is 1.94. The van der Waals surface area contributed by atoms with E-state index in [0.29, 0.717) is 6.42 Å². The van der Waals surface area contributed by atoms with Crippen LogP contribution in [0.25, 0.3) is 0 Å². The molecule has 1 amide bonds. The zero-order valence-electron chi connectivity index (χ0n) is 9.26. The van der Waals surface area contributed by atoms with E-state index in [2.05, 4.69) is 15.4 Å². The second-order valence-corrected chi connectivity index (χ2v) is 3.55. The van der Waals surface area contributed by atoms with E-state index in [0.717, 1.165) is 6.42 Å². The first-order valence-corrected chi connectivity index (χ1v) is 5.21. The summed E-state index contributed by atoms with van der Waals surface area (Å²) < 4.78 is 1.34. The van der Waals surface area contributed by atoms with E-state index in [4.69, 9.17) is 5.73 Å². The average Bonchev–Trinajstić information content (AvgIpc) is 2.61. The fraction of sp³-hybridized carbons (Fsp3) is 0.667. The van der Waals surface area contributed by atoms with E-state index < -0.39 is 6.10 Å². The number of carbonyl (C=O) groups is 1. The molecule has 7 nitrogen and oxygen atoms in total. The highest BCUT2D eigenvalue weighted by atomic mass is 16.3. The van der Waals surface area contributed by atoms with Crippen molar-refractivity contribution in [2.75, 3.05) is 12.3 Å². The fourth-order valence-electron chi connectivity index (χ4n) is 1.26. The normalized spacial score (nSPS) is 12.4. The number of anilines is 1. The molecule has 7 heteroatoms. The van der Waals surface area contributed by atoms with E-state index >= 15 is 0 Å². The lowest BCUT2D eigenvalue weighted by Crippen LogP contribution is -2.34. The van der Waals surface area contributed by atoms with Gasteiger partial charge in [-0.25, -0.2) is 9.67 Å². The van der Waals surface area contributed by atoms with Gasteiger partial charge in [-0.05, 0) is 6.42 Å². The summed E-state index contributed by atoms with van der Waals surface area (Å²) in [6.07, 6.45) is 2.46. The first kappa shape index (κ1) is 12.4. The van der Waals surface area contributed by atoms with Crippen LogP contribution in [0, 0.1) is 0 Å². The third-order valence-corrected chi connectivity index (χ3v) is 2.02. The van der Waals surface area contributed by atoms with Gasteiger partial charge in [-0.2, -0.15) is 0 Å². The molecule has 1 aromatic rings. The topological polar surface area (TPSA) is 106 Å². The maximum absolute atomic E-state index is 11.4. The number of rotatable bonds is 6. The molecule has 0 fully saturated rings. The van der Waals surface area contributed by atoms with Gasteiger partial charge in [-0.15, -0.1) is 5.10 Å². The van der Waals surface area contributed by atoms with Crippen LogP contribution in [0.5, 0.6) is 0 Å². The van der Waals surface area contributed by atoms with Gasteiger partial charge in [0.1, 0.15) is 12.9 Å². The summed E-state index contributed by atoms with van der Waals surface area (Å²) in [7, 11) is 0. The van der Waals surface area contributed by atoms with Crippen molar-refractivity contribution >= 4 is 11.9 Å². The van der Waals surface area contributed by atoms with Crippen molar-refractivity contribution < 1.29 is 9.90 Å². The van der Waals surface area contributed by atoms with E-state index in [1.54, 1.807) is 0 Å².